The molecule has 3 nitrogen and oxygen atoms in total. The van der Waals surface area contributed by atoms with Gasteiger partial charge in [-0.05, 0) is 68.1 Å². The molecule has 1 atom stereocenters. The fraction of sp³-hybridized carbons (Fsp3) is 0.824. The zero-order valence-electron chi connectivity index (χ0n) is 12.5. The highest BCUT2D eigenvalue weighted by Crippen LogP contribution is 2.57. The molecule has 4 aliphatic carbocycles. The topological polar surface area (TPSA) is 43.8 Å². The standard InChI is InChI=1S/C17H27N3/c1-20-3-2-19-17(20)10-15(18)9-16-13-5-11-4-12(7-13)8-14(16)6-11/h2-3,11-16H,4-10,18H2,1H3. The lowest BCUT2D eigenvalue weighted by atomic mass is 9.51. The molecule has 4 fully saturated rings. The summed E-state index contributed by atoms with van der Waals surface area (Å²) >= 11 is 0. The van der Waals surface area contributed by atoms with Crippen molar-refractivity contribution in [2.75, 3.05) is 0 Å². The van der Waals surface area contributed by atoms with Crippen molar-refractivity contribution in [2.24, 2.45) is 42.4 Å². The van der Waals surface area contributed by atoms with Crippen molar-refractivity contribution in [3.63, 3.8) is 0 Å². The summed E-state index contributed by atoms with van der Waals surface area (Å²) in [5.41, 5.74) is 6.46. The highest BCUT2D eigenvalue weighted by molar-refractivity contribution is 5.00. The molecule has 0 amide bonds. The smallest absolute Gasteiger partial charge is 0.109 e. The molecule has 0 aromatic carbocycles. The maximum Gasteiger partial charge on any atom is 0.109 e. The number of hydrogen-bond donors (Lipinski definition) is 1. The second-order valence-electron chi connectivity index (χ2n) is 7.75. The summed E-state index contributed by atoms with van der Waals surface area (Å²) in [6.07, 6.45) is 13.6. The van der Waals surface area contributed by atoms with E-state index >= 15 is 0 Å². The van der Waals surface area contributed by atoms with Gasteiger partial charge in [0.05, 0.1) is 0 Å². The highest BCUT2D eigenvalue weighted by atomic mass is 15.0. The molecule has 1 heterocycles. The molecule has 1 aromatic heterocycles. The van der Waals surface area contributed by atoms with Gasteiger partial charge in [-0.15, -0.1) is 0 Å². The van der Waals surface area contributed by atoms with Gasteiger partial charge in [-0.2, -0.15) is 0 Å². The lowest BCUT2D eigenvalue weighted by Crippen LogP contribution is -2.47. The SMILES string of the molecule is Cn1ccnc1CC(N)CC1C2CC3CC(C2)CC1C3. The molecule has 0 saturated heterocycles. The van der Waals surface area contributed by atoms with Crippen LogP contribution in [0.15, 0.2) is 12.4 Å². The fourth-order valence-corrected chi connectivity index (χ4v) is 5.68. The molecule has 0 aliphatic heterocycles. The number of imidazole rings is 1. The molecular formula is C17H27N3. The molecule has 1 unspecified atom stereocenters. The van der Waals surface area contributed by atoms with Crippen molar-refractivity contribution in [3.8, 4) is 0 Å². The van der Waals surface area contributed by atoms with E-state index in [1.807, 2.05) is 12.4 Å². The van der Waals surface area contributed by atoms with Crippen LogP contribution in [0.25, 0.3) is 0 Å². The third kappa shape index (κ3) is 2.20. The Labute approximate surface area is 122 Å². The minimum Gasteiger partial charge on any atom is -0.338 e. The first-order valence-electron chi connectivity index (χ1n) is 8.40. The van der Waals surface area contributed by atoms with Crippen LogP contribution in [0.2, 0.25) is 0 Å². The van der Waals surface area contributed by atoms with E-state index in [9.17, 15) is 0 Å². The van der Waals surface area contributed by atoms with Crippen LogP contribution in [0.3, 0.4) is 0 Å². The predicted molar refractivity (Wildman–Crippen MR) is 80.0 cm³/mol. The van der Waals surface area contributed by atoms with E-state index in [0.29, 0.717) is 6.04 Å². The van der Waals surface area contributed by atoms with Crippen LogP contribution in [-0.2, 0) is 13.5 Å². The molecule has 4 bridgehead atoms. The molecule has 1 aromatic rings. The molecule has 20 heavy (non-hydrogen) atoms. The highest BCUT2D eigenvalue weighted by Gasteiger charge is 2.48. The summed E-state index contributed by atoms with van der Waals surface area (Å²) in [5, 5.41) is 0. The Morgan fingerprint density at radius 2 is 1.85 bits per heavy atom. The van der Waals surface area contributed by atoms with Gasteiger partial charge in [0.1, 0.15) is 5.82 Å². The van der Waals surface area contributed by atoms with Crippen molar-refractivity contribution in [2.45, 2.75) is 51.0 Å². The van der Waals surface area contributed by atoms with Crippen molar-refractivity contribution in [3.05, 3.63) is 18.2 Å². The number of hydrogen-bond acceptors (Lipinski definition) is 2. The zero-order chi connectivity index (χ0) is 13.7. The molecule has 2 N–H and O–H groups in total. The summed E-state index contributed by atoms with van der Waals surface area (Å²) in [6, 6.07) is 0.290. The van der Waals surface area contributed by atoms with Crippen molar-refractivity contribution >= 4 is 0 Å². The van der Waals surface area contributed by atoms with Crippen LogP contribution < -0.4 is 5.73 Å². The number of aromatic nitrogens is 2. The second-order valence-corrected chi connectivity index (χ2v) is 7.75. The quantitative estimate of drug-likeness (QED) is 0.916. The van der Waals surface area contributed by atoms with E-state index in [-0.39, 0.29) is 0 Å². The molecule has 0 radical (unpaired) electrons. The van der Waals surface area contributed by atoms with Gasteiger partial charge in [0.15, 0.2) is 0 Å². The first-order chi connectivity index (χ1) is 9.69. The summed E-state index contributed by atoms with van der Waals surface area (Å²) in [5.74, 6) is 6.19. The largest absolute Gasteiger partial charge is 0.338 e. The van der Waals surface area contributed by atoms with E-state index in [2.05, 4.69) is 16.6 Å². The monoisotopic (exact) mass is 273 g/mol. The lowest BCUT2D eigenvalue weighted by molar-refractivity contribution is -0.0419. The summed E-state index contributed by atoms with van der Waals surface area (Å²) in [4.78, 5) is 4.42. The number of nitrogens with two attached hydrogens (primary N) is 1. The summed E-state index contributed by atoms with van der Waals surface area (Å²) in [6.45, 7) is 0. The maximum absolute atomic E-state index is 6.46. The van der Waals surface area contributed by atoms with Crippen LogP contribution in [0.5, 0.6) is 0 Å². The molecule has 4 saturated carbocycles. The zero-order valence-corrected chi connectivity index (χ0v) is 12.5. The third-order valence-corrected chi connectivity index (χ3v) is 6.36. The number of rotatable bonds is 4. The maximum atomic E-state index is 6.46. The minimum absolute atomic E-state index is 0.290. The molecule has 110 valence electrons. The Bertz CT molecular complexity index is 450. The van der Waals surface area contributed by atoms with Crippen LogP contribution in [0, 0.1) is 29.6 Å². The van der Waals surface area contributed by atoms with Gasteiger partial charge in [-0.25, -0.2) is 4.98 Å². The lowest BCUT2D eigenvalue weighted by Gasteiger charge is -2.55. The molecule has 4 aliphatic rings. The van der Waals surface area contributed by atoms with Gasteiger partial charge in [0.2, 0.25) is 0 Å². The van der Waals surface area contributed by atoms with Crippen molar-refractivity contribution in [1.82, 2.24) is 9.55 Å². The van der Waals surface area contributed by atoms with Gasteiger partial charge in [0.25, 0.3) is 0 Å². The Hall–Kier alpha value is -0.830. The normalized spacial score (nSPS) is 40.2. The van der Waals surface area contributed by atoms with E-state index < -0.39 is 0 Å². The molecular weight excluding hydrogens is 246 g/mol. The van der Waals surface area contributed by atoms with E-state index in [0.717, 1.165) is 41.8 Å². The summed E-state index contributed by atoms with van der Waals surface area (Å²) in [7, 11) is 2.07. The Kier molecular flexibility index (Phi) is 3.13. The van der Waals surface area contributed by atoms with Crippen molar-refractivity contribution in [1.29, 1.82) is 0 Å². The van der Waals surface area contributed by atoms with Crippen molar-refractivity contribution < 1.29 is 0 Å². The van der Waals surface area contributed by atoms with E-state index in [1.54, 1.807) is 6.42 Å². The van der Waals surface area contributed by atoms with Gasteiger partial charge < -0.3 is 10.3 Å². The van der Waals surface area contributed by atoms with Crippen LogP contribution in [0.1, 0.15) is 44.3 Å². The molecule has 5 rings (SSSR count). The summed E-state index contributed by atoms with van der Waals surface area (Å²) < 4.78 is 2.11. The molecule has 3 heteroatoms. The van der Waals surface area contributed by atoms with Crippen LogP contribution in [-0.4, -0.2) is 15.6 Å². The van der Waals surface area contributed by atoms with E-state index in [1.165, 1.54) is 32.1 Å². The first-order valence-corrected chi connectivity index (χ1v) is 8.40. The Morgan fingerprint density at radius 1 is 1.20 bits per heavy atom. The Morgan fingerprint density at radius 3 is 2.40 bits per heavy atom. The number of nitrogens with zero attached hydrogens (tertiary/aromatic N) is 2. The predicted octanol–water partition coefficient (Wildman–Crippen LogP) is 2.75. The second kappa shape index (κ2) is 4.87. The van der Waals surface area contributed by atoms with Gasteiger partial charge >= 0.3 is 0 Å². The minimum atomic E-state index is 0.290. The van der Waals surface area contributed by atoms with Crippen LogP contribution >= 0.6 is 0 Å². The van der Waals surface area contributed by atoms with E-state index in [4.69, 9.17) is 5.73 Å². The first kappa shape index (κ1) is 12.9. The number of aryl methyl sites for hydroxylation is 1. The van der Waals surface area contributed by atoms with Crippen LogP contribution in [0.4, 0.5) is 0 Å². The Balaban J connectivity index is 1.40. The van der Waals surface area contributed by atoms with Gasteiger partial charge in [-0.3, -0.25) is 0 Å². The van der Waals surface area contributed by atoms with Gasteiger partial charge in [-0.1, -0.05) is 0 Å². The fourth-order valence-electron chi connectivity index (χ4n) is 5.68. The third-order valence-electron chi connectivity index (χ3n) is 6.36. The average Bonchev–Trinajstić information content (AvgIpc) is 2.79. The molecule has 0 spiro atoms. The average molecular weight is 273 g/mol. The van der Waals surface area contributed by atoms with Gasteiger partial charge in [0, 0.05) is 31.9 Å².